The average molecular weight is 358 g/mol. The van der Waals surface area contributed by atoms with E-state index >= 15 is 0 Å². The predicted octanol–water partition coefficient (Wildman–Crippen LogP) is 3.23. The molecule has 0 spiro atoms. The highest BCUT2D eigenvalue weighted by atomic mass is 79.9. The van der Waals surface area contributed by atoms with E-state index in [1.165, 1.54) is 10.4 Å². The van der Waals surface area contributed by atoms with Crippen LogP contribution >= 0.6 is 27.3 Å². The van der Waals surface area contributed by atoms with Gasteiger partial charge in [0.2, 0.25) is 5.91 Å². The second kappa shape index (κ2) is 6.16. The number of hydrogen-bond donors (Lipinski definition) is 1. The highest BCUT2D eigenvalue weighted by Crippen LogP contribution is 2.36. The third kappa shape index (κ3) is 2.81. The van der Waals surface area contributed by atoms with Crippen molar-refractivity contribution in [1.82, 2.24) is 5.32 Å². The highest BCUT2D eigenvalue weighted by molar-refractivity contribution is 9.09. The van der Waals surface area contributed by atoms with Crippen LogP contribution in [0.25, 0.3) is 0 Å². The molecule has 0 radical (unpaired) electrons. The van der Waals surface area contributed by atoms with Crippen molar-refractivity contribution in [2.45, 2.75) is 43.6 Å². The van der Waals surface area contributed by atoms with Crippen LogP contribution < -0.4 is 5.32 Å². The van der Waals surface area contributed by atoms with Gasteiger partial charge in [-0.05, 0) is 49.1 Å². The number of carbonyl (C=O) groups excluding carboxylic acids is 1. The summed E-state index contributed by atoms with van der Waals surface area (Å²) in [6.07, 6.45) is 5.02. The lowest BCUT2D eigenvalue weighted by molar-refractivity contribution is -0.125. The first-order chi connectivity index (χ1) is 9.74. The molecule has 1 aromatic rings. The van der Waals surface area contributed by atoms with Gasteiger partial charge in [-0.2, -0.15) is 0 Å². The standard InChI is InChI=1S/C15H20BrNO2S/c16-10-15(5-7-19-8-6-15)17-14(18)12-2-1-3-13-11(12)4-9-20-13/h4,9,12H,1-3,5-8,10H2,(H,17,18). The minimum absolute atomic E-state index is 0.0452. The van der Waals surface area contributed by atoms with E-state index in [1.54, 1.807) is 11.3 Å². The number of fused-ring (bicyclic) bond motifs is 1. The summed E-state index contributed by atoms with van der Waals surface area (Å²) in [5.41, 5.74) is 1.14. The second-order valence-corrected chi connectivity index (χ2v) is 7.32. The quantitative estimate of drug-likeness (QED) is 0.843. The number of alkyl halides is 1. The van der Waals surface area contributed by atoms with Crippen LogP contribution in [0.5, 0.6) is 0 Å². The smallest absolute Gasteiger partial charge is 0.228 e. The minimum atomic E-state index is -0.122. The lowest BCUT2D eigenvalue weighted by Gasteiger charge is -2.38. The third-order valence-electron chi connectivity index (χ3n) is 4.46. The molecule has 1 saturated heterocycles. The van der Waals surface area contributed by atoms with Gasteiger partial charge in [0.25, 0.3) is 0 Å². The van der Waals surface area contributed by atoms with Gasteiger partial charge in [-0.3, -0.25) is 4.79 Å². The average Bonchev–Trinajstić information content (AvgIpc) is 2.96. The van der Waals surface area contributed by atoms with Gasteiger partial charge in [0.05, 0.1) is 11.5 Å². The zero-order valence-electron chi connectivity index (χ0n) is 11.5. The topological polar surface area (TPSA) is 38.3 Å². The van der Waals surface area contributed by atoms with Gasteiger partial charge in [0, 0.05) is 23.4 Å². The number of hydrogen-bond acceptors (Lipinski definition) is 3. The van der Waals surface area contributed by atoms with Crippen molar-refractivity contribution >= 4 is 33.2 Å². The number of nitrogens with one attached hydrogen (secondary N) is 1. The fourth-order valence-electron chi connectivity index (χ4n) is 3.16. The molecule has 1 atom stereocenters. The SMILES string of the molecule is O=C(NC1(CBr)CCOCC1)C1CCCc2sccc21. The summed E-state index contributed by atoms with van der Waals surface area (Å²) in [4.78, 5) is 14.1. The van der Waals surface area contributed by atoms with Crippen molar-refractivity contribution < 1.29 is 9.53 Å². The lowest BCUT2D eigenvalue weighted by Crippen LogP contribution is -2.54. The summed E-state index contributed by atoms with van der Waals surface area (Å²) in [5, 5.41) is 6.24. The normalized spacial score (nSPS) is 24.9. The molecule has 1 aliphatic carbocycles. The molecule has 1 amide bonds. The van der Waals surface area contributed by atoms with Crippen LogP contribution in [-0.4, -0.2) is 30.0 Å². The Morgan fingerprint density at radius 1 is 1.50 bits per heavy atom. The van der Waals surface area contributed by atoms with Crippen LogP contribution in [0.4, 0.5) is 0 Å². The molecule has 3 nitrogen and oxygen atoms in total. The molecule has 2 heterocycles. The summed E-state index contributed by atoms with van der Waals surface area (Å²) in [5.74, 6) is 0.245. The van der Waals surface area contributed by atoms with Gasteiger partial charge in [-0.1, -0.05) is 15.9 Å². The Labute approximate surface area is 132 Å². The second-order valence-electron chi connectivity index (χ2n) is 5.76. The van der Waals surface area contributed by atoms with Gasteiger partial charge in [0.15, 0.2) is 0 Å². The molecule has 2 aliphatic rings. The van der Waals surface area contributed by atoms with E-state index in [2.05, 4.69) is 32.7 Å². The van der Waals surface area contributed by atoms with Crippen molar-refractivity contribution in [3.63, 3.8) is 0 Å². The molecule has 1 aliphatic heterocycles. The molecule has 0 bridgehead atoms. The Morgan fingerprint density at radius 3 is 3.05 bits per heavy atom. The zero-order valence-corrected chi connectivity index (χ0v) is 13.9. The number of amides is 1. The molecule has 3 rings (SSSR count). The van der Waals surface area contributed by atoms with Crippen LogP contribution in [0.15, 0.2) is 11.4 Å². The van der Waals surface area contributed by atoms with E-state index in [0.717, 1.165) is 50.6 Å². The molecule has 110 valence electrons. The number of ether oxygens (including phenoxy) is 1. The highest BCUT2D eigenvalue weighted by Gasteiger charge is 2.36. The van der Waals surface area contributed by atoms with Gasteiger partial charge in [-0.15, -0.1) is 11.3 Å². The minimum Gasteiger partial charge on any atom is -0.381 e. The monoisotopic (exact) mass is 357 g/mol. The Bertz CT molecular complexity index is 482. The predicted molar refractivity (Wildman–Crippen MR) is 84.7 cm³/mol. The van der Waals surface area contributed by atoms with E-state index in [-0.39, 0.29) is 17.4 Å². The maximum Gasteiger partial charge on any atom is 0.228 e. The van der Waals surface area contributed by atoms with E-state index in [4.69, 9.17) is 4.74 Å². The van der Waals surface area contributed by atoms with E-state index < -0.39 is 0 Å². The van der Waals surface area contributed by atoms with E-state index in [1.807, 2.05) is 0 Å². The van der Waals surface area contributed by atoms with Crippen molar-refractivity contribution in [3.05, 3.63) is 21.9 Å². The van der Waals surface area contributed by atoms with Gasteiger partial charge in [-0.25, -0.2) is 0 Å². The van der Waals surface area contributed by atoms with Crippen molar-refractivity contribution in [3.8, 4) is 0 Å². The van der Waals surface area contributed by atoms with Crippen molar-refractivity contribution in [2.75, 3.05) is 18.5 Å². The number of thiophene rings is 1. The fourth-order valence-corrected chi connectivity index (χ4v) is 4.85. The Balaban J connectivity index is 1.74. The number of halogens is 1. The molecule has 0 aromatic carbocycles. The summed E-state index contributed by atoms with van der Waals surface area (Å²) >= 11 is 5.36. The van der Waals surface area contributed by atoms with Crippen LogP contribution in [0.3, 0.4) is 0 Å². The van der Waals surface area contributed by atoms with Gasteiger partial charge in [0.1, 0.15) is 0 Å². The van der Waals surface area contributed by atoms with Gasteiger partial charge < -0.3 is 10.1 Å². The van der Waals surface area contributed by atoms with Crippen LogP contribution in [0.1, 0.15) is 42.0 Å². The molecular formula is C15H20BrNO2S. The molecule has 5 heteroatoms. The summed E-state index contributed by atoms with van der Waals surface area (Å²) in [7, 11) is 0. The molecule has 1 N–H and O–H groups in total. The maximum absolute atomic E-state index is 12.7. The molecule has 1 aromatic heterocycles. The first-order valence-corrected chi connectivity index (χ1v) is 9.26. The fraction of sp³-hybridized carbons (Fsp3) is 0.667. The first-order valence-electron chi connectivity index (χ1n) is 7.26. The van der Waals surface area contributed by atoms with Crippen molar-refractivity contribution in [2.24, 2.45) is 0 Å². The van der Waals surface area contributed by atoms with E-state index in [0.29, 0.717) is 0 Å². The molecular weight excluding hydrogens is 338 g/mol. The molecule has 0 saturated carbocycles. The summed E-state index contributed by atoms with van der Waals surface area (Å²) in [6.45, 7) is 1.47. The Kier molecular flexibility index (Phi) is 4.48. The number of rotatable bonds is 3. The van der Waals surface area contributed by atoms with Crippen molar-refractivity contribution in [1.29, 1.82) is 0 Å². The maximum atomic E-state index is 12.7. The van der Waals surface area contributed by atoms with Gasteiger partial charge >= 0.3 is 0 Å². The summed E-state index contributed by atoms with van der Waals surface area (Å²) in [6, 6.07) is 2.13. The Morgan fingerprint density at radius 2 is 2.30 bits per heavy atom. The zero-order chi connectivity index (χ0) is 14.0. The first kappa shape index (κ1) is 14.5. The van der Waals surface area contributed by atoms with Crippen LogP contribution in [-0.2, 0) is 16.0 Å². The van der Waals surface area contributed by atoms with E-state index in [9.17, 15) is 4.79 Å². The van der Waals surface area contributed by atoms with Crippen LogP contribution in [0.2, 0.25) is 0 Å². The van der Waals surface area contributed by atoms with Crippen LogP contribution in [0, 0.1) is 0 Å². The lowest BCUT2D eigenvalue weighted by atomic mass is 9.85. The Hall–Kier alpha value is -0.390. The largest absolute Gasteiger partial charge is 0.381 e. The molecule has 20 heavy (non-hydrogen) atoms. The summed E-state index contributed by atoms with van der Waals surface area (Å²) < 4.78 is 5.43. The molecule has 1 unspecified atom stereocenters. The number of aryl methyl sites for hydroxylation is 1. The molecule has 1 fully saturated rings. The third-order valence-corrected chi connectivity index (χ3v) is 6.53. The number of carbonyl (C=O) groups is 1.